The van der Waals surface area contributed by atoms with Gasteiger partial charge in [-0.3, -0.25) is 0 Å². The minimum atomic E-state index is -4.53. The van der Waals surface area contributed by atoms with E-state index >= 15 is 0 Å². The van der Waals surface area contributed by atoms with Gasteiger partial charge < -0.3 is 9.47 Å². The molecule has 28 heavy (non-hydrogen) atoms. The summed E-state index contributed by atoms with van der Waals surface area (Å²) in [5.41, 5.74) is -4.12. The third-order valence-electron chi connectivity index (χ3n) is 3.47. The van der Waals surface area contributed by atoms with Gasteiger partial charge >= 0.3 is 11.5 Å². The Morgan fingerprint density at radius 2 is 1.96 bits per heavy atom. The Morgan fingerprint density at radius 1 is 1.25 bits per heavy atom. The molecule has 0 bridgehead atoms. The van der Waals surface area contributed by atoms with Crippen LogP contribution >= 0.6 is 11.8 Å². The first kappa shape index (κ1) is 21.3. The molecule has 2 aromatic rings. The van der Waals surface area contributed by atoms with Crippen molar-refractivity contribution >= 4 is 23.8 Å². The summed E-state index contributed by atoms with van der Waals surface area (Å²) >= 11 is -0.338. The Labute approximate surface area is 162 Å². The van der Waals surface area contributed by atoms with Gasteiger partial charge in [0.05, 0.1) is 18.7 Å². The summed E-state index contributed by atoms with van der Waals surface area (Å²) in [4.78, 5) is 11.2. The highest BCUT2D eigenvalue weighted by Crippen LogP contribution is 2.42. The van der Waals surface area contributed by atoms with Crippen LogP contribution in [0.15, 0.2) is 41.3 Å². The molecule has 0 atom stereocenters. The third-order valence-corrected chi connectivity index (χ3v) is 4.27. The largest absolute Gasteiger partial charge is 0.466 e. The Balaban J connectivity index is 2.49. The number of nitrogens with zero attached hydrogens (tertiary/aromatic N) is 1. The molecule has 0 saturated carbocycles. The van der Waals surface area contributed by atoms with Gasteiger partial charge in [0.2, 0.25) is 0 Å². The van der Waals surface area contributed by atoms with Crippen molar-refractivity contribution in [1.29, 1.82) is 5.26 Å². The smallest absolute Gasteiger partial charge is 0.446 e. The van der Waals surface area contributed by atoms with Gasteiger partial charge in [-0.25, -0.2) is 9.18 Å². The lowest BCUT2D eigenvalue weighted by Gasteiger charge is -2.15. The number of alkyl halides is 3. The van der Waals surface area contributed by atoms with Crippen LogP contribution in [0.25, 0.3) is 6.08 Å². The van der Waals surface area contributed by atoms with Gasteiger partial charge in [0.25, 0.3) is 0 Å². The quantitative estimate of drug-likeness (QED) is 0.278. The second-order valence-corrected chi connectivity index (χ2v) is 6.50. The van der Waals surface area contributed by atoms with Crippen molar-refractivity contribution in [1.82, 2.24) is 0 Å². The van der Waals surface area contributed by atoms with Crippen LogP contribution in [0.2, 0.25) is 0 Å². The van der Waals surface area contributed by atoms with Crippen molar-refractivity contribution < 1.29 is 31.8 Å². The molecule has 0 aliphatic heterocycles. The Kier molecular flexibility index (Phi) is 6.70. The minimum Gasteiger partial charge on any atom is -0.466 e. The van der Waals surface area contributed by atoms with Crippen LogP contribution < -0.4 is 4.74 Å². The highest BCUT2D eigenvalue weighted by atomic mass is 32.2. The van der Waals surface area contributed by atoms with Crippen molar-refractivity contribution in [3.63, 3.8) is 0 Å². The molecule has 0 heterocycles. The zero-order valence-electron chi connectivity index (χ0n) is 14.6. The first-order valence-electron chi connectivity index (χ1n) is 7.67. The van der Waals surface area contributed by atoms with E-state index in [-0.39, 0.29) is 44.8 Å². The number of carbonyl (C=O) groups excluding carboxylic acids is 1. The maximum Gasteiger partial charge on any atom is 0.446 e. The summed E-state index contributed by atoms with van der Waals surface area (Å²) in [6, 6.07) is 7.63. The van der Waals surface area contributed by atoms with Crippen LogP contribution in [0, 0.1) is 24.1 Å². The van der Waals surface area contributed by atoms with E-state index in [0.29, 0.717) is 0 Å². The van der Waals surface area contributed by atoms with Gasteiger partial charge in [-0.2, -0.15) is 18.4 Å². The van der Waals surface area contributed by atoms with E-state index in [1.807, 2.05) is 0 Å². The lowest BCUT2D eigenvalue weighted by molar-refractivity contribution is -0.134. The summed E-state index contributed by atoms with van der Waals surface area (Å²) < 4.78 is 62.1. The number of thioether (sulfide) groups is 1. The van der Waals surface area contributed by atoms with Gasteiger partial charge in [0.1, 0.15) is 17.3 Å². The number of nitriles is 1. The van der Waals surface area contributed by atoms with Crippen molar-refractivity contribution in [2.45, 2.75) is 17.3 Å². The molecule has 2 rings (SSSR count). The van der Waals surface area contributed by atoms with Gasteiger partial charge in [-0.15, -0.1) is 0 Å². The minimum absolute atomic E-state index is 0.0128. The molecule has 0 radical (unpaired) electrons. The number of hydrogen-bond acceptors (Lipinski definition) is 5. The second kappa shape index (κ2) is 8.80. The molecule has 0 fully saturated rings. The number of benzene rings is 2. The van der Waals surface area contributed by atoms with E-state index in [1.165, 1.54) is 31.2 Å². The highest BCUT2D eigenvalue weighted by Gasteiger charge is 2.31. The van der Waals surface area contributed by atoms with E-state index in [9.17, 15) is 22.4 Å². The zero-order valence-corrected chi connectivity index (χ0v) is 15.5. The van der Waals surface area contributed by atoms with Gasteiger partial charge in [-0.05, 0) is 54.6 Å². The standard InChI is InChI=1S/C19H13F4NO3S/c1-11-15(3-6-18(25)26-2)17(28-19(21,22)23)5-4-16(11)27-14-8-12(10-24)7-13(20)9-14/h3-9H,1-2H3/b6-3+. The van der Waals surface area contributed by atoms with Crippen LogP contribution in [-0.4, -0.2) is 18.6 Å². The maximum absolute atomic E-state index is 13.6. The van der Waals surface area contributed by atoms with E-state index in [0.717, 1.165) is 25.3 Å². The van der Waals surface area contributed by atoms with Crippen molar-refractivity contribution in [2.24, 2.45) is 0 Å². The third kappa shape index (κ3) is 5.76. The topological polar surface area (TPSA) is 59.3 Å². The summed E-state index contributed by atoms with van der Waals surface area (Å²) in [6.45, 7) is 1.50. The van der Waals surface area contributed by atoms with Crippen LogP contribution in [0.5, 0.6) is 11.5 Å². The average Bonchev–Trinajstić information content (AvgIpc) is 2.61. The first-order chi connectivity index (χ1) is 13.1. The molecular weight excluding hydrogens is 398 g/mol. The molecular formula is C19H13F4NO3S. The van der Waals surface area contributed by atoms with E-state index in [1.54, 1.807) is 6.07 Å². The number of carbonyl (C=O) groups is 1. The normalized spacial score (nSPS) is 11.3. The van der Waals surface area contributed by atoms with Crippen LogP contribution in [0.1, 0.15) is 16.7 Å². The summed E-state index contributed by atoms with van der Waals surface area (Å²) in [5, 5.41) is 8.91. The molecule has 0 aromatic heterocycles. The van der Waals surface area contributed by atoms with Crippen molar-refractivity contribution in [3.8, 4) is 17.6 Å². The number of rotatable bonds is 5. The number of halogens is 4. The zero-order chi connectivity index (χ0) is 20.9. The van der Waals surface area contributed by atoms with E-state index < -0.39 is 17.3 Å². The molecule has 0 unspecified atom stereocenters. The SMILES string of the molecule is COC(=O)/C=C/c1c(SC(F)(F)F)ccc(Oc2cc(F)cc(C#N)c2)c1C. The summed E-state index contributed by atoms with van der Waals surface area (Å²) in [7, 11) is 1.14. The first-order valence-corrected chi connectivity index (χ1v) is 8.48. The molecule has 0 aliphatic rings. The van der Waals surface area contributed by atoms with E-state index in [4.69, 9.17) is 10.00 Å². The predicted molar refractivity (Wildman–Crippen MR) is 95.3 cm³/mol. The van der Waals surface area contributed by atoms with E-state index in [2.05, 4.69) is 4.74 Å². The second-order valence-electron chi connectivity index (χ2n) is 5.39. The molecule has 0 spiro atoms. The summed E-state index contributed by atoms with van der Waals surface area (Å²) in [5.74, 6) is -1.27. The molecule has 2 aromatic carbocycles. The number of methoxy groups -OCH3 is 1. The Hall–Kier alpha value is -2.99. The van der Waals surface area contributed by atoms with Crippen LogP contribution in [0.3, 0.4) is 0 Å². The van der Waals surface area contributed by atoms with Crippen LogP contribution in [0.4, 0.5) is 17.6 Å². The molecule has 146 valence electrons. The Bertz CT molecular complexity index is 965. The molecule has 0 aliphatic carbocycles. The number of hydrogen-bond donors (Lipinski definition) is 0. The molecule has 0 amide bonds. The van der Waals surface area contributed by atoms with Crippen LogP contribution in [-0.2, 0) is 9.53 Å². The molecule has 4 nitrogen and oxygen atoms in total. The highest BCUT2D eigenvalue weighted by molar-refractivity contribution is 8.00. The van der Waals surface area contributed by atoms with Gasteiger partial charge in [-0.1, -0.05) is 0 Å². The number of esters is 1. The fourth-order valence-electron chi connectivity index (χ4n) is 2.25. The Morgan fingerprint density at radius 3 is 2.57 bits per heavy atom. The van der Waals surface area contributed by atoms with Gasteiger partial charge in [0, 0.05) is 22.6 Å². The predicted octanol–water partition coefficient (Wildman–Crippen LogP) is 5.60. The molecule has 0 saturated heterocycles. The molecule has 9 heteroatoms. The average molecular weight is 411 g/mol. The van der Waals surface area contributed by atoms with Gasteiger partial charge in [0.15, 0.2) is 0 Å². The number of ether oxygens (including phenoxy) is 2. The van der Waals surface area contributed by atoms with Crippen molar-refractivity contribution in [2.75, 3.05) is 7.11 Å². The fourth-order valence-corrected chi connectivity index (χ4v) is 2.96. The molecule has 0 N–H and O–H groups in total. The van der Waals surface area contributed by atoms with Crippen molar-refractivity contribution in [3.05, 3.63) is 58.9 Å². The monoisotopic (exact) mass is 411 g/mol. The maximum atomic E-state index is 13.6. The lowest BCUT2D eigenvalue weighted by Crippen LogP contribution is -2.02. The fraction of sp³-hybridized carbons (Fsp3) is 0.158. The summed E-state index contributed by atoms with van der Waals surface area (Å²) in [6.07, 6.45) is 2.18. The lowest BCUT2D eigenvalue weighted by atomic mass is 10.1.